The van der Waals surface area contributed by atoms with E-state index in [9.17, 15) is 13.5 Å². The molecule has 1 heterocycles. The number of halogens is 1. The minimum Gasteiger partial charge on any atom is -0.506 e. The minimum atomic E-state index is -3.34. The molecule has 176 valence electrons. The fourth-order valence-electron chi connectivity index (χ4n) is 3.29. The van der Waals surface area contributed by atoms with Crippen molar-refractivity contribution in [1.29, 1.82) is 0 Å². The lowest BCUT2D eigenvalue weighted by molar-refractivity contribution is 0.405. The van der Waals surface area contributed by atoms with Gasteiger partial charge in [-0.15, -0.1) is 0 Å². The third kappa shape index (κ3) is 7.40. The molecule has 0 saturated heterocycles. The topological polar surface area (TPSA) is 121 Å². The van der Waals surface area contributed by atoms with E-state index in [2.05, 4.69) is 15.3 Å². The summed E-state index contributed by atoms with van der Waals surface area (Å²) in [4.78, 5) is 8.86. The average Bonchev–Trinajstić information content (AvgIpc) is 2.79. The largest absolute Gasteiger partial charge is 0.506 e. The molecular formula is C23H28ClN5O3S. The molecule has 33 heavy (non-hydrogen) atoms. The summed E-state index contributed by atoms with van der Waals surface area (Å²) in [6, 6.07) is 14.6. The van der Waals surface area contributed by atoms with Gasteiger partial charge in [-0.3, -0.25) is 0 Å². The number of hydrogen-bond acceptors (Lipinski definition) is 7. The predicted molar refractivity (Wildman–Crippen MR) is 132 cm³/mol. The summed E-state index contributed by atoms with van der Waals surface area (Å²) in [6.07, 6.45) is 4.18. The van der Waals surface area contributed by atoms with Gasteiger partial charge in [0.2, 0.25) is 16.0 Å². The van der Waals surface area contributed by atoms with Crippen molar-refractivity contribution in [3.63, 3.8) is 0 Å². The van der Waals surface area contributed by atoms with E-state index in [4.69, 9.17) is 17.3 Å². The standard InChI is InChI=1S/C23H28ClN5O3S/c1-33(31,32)29(13-3-10-25)16-18-4-2-5-19(14-18)21-9-12-27-23(28-21)26-11-8-17-6-7-22(30)20(24)15-17/h2,4-7,9,12,14-15,30H,3,8,10-11,13,16,25H2,1H3,(H,26,27,28). The van der Waals surface area contributed by atoms with Gasteiger partial charge in [0, 0.05) is 31.4 Å². The summed E-state index contributed by atoms with van der Waals surface area (Å²) < 4.78 is 25.7. The highest BCUT2D eigenvalue weighted by Gasteiger charge is 2.16. The van der Waals surface area contributed by atoms with E-state index in [1.165, 1.54) is 10.6 Å². The number of aromatic hydroxyl groups is 1. The Hall–Kier alpha value is -2.72. The fourth-order valence-corrected chi connectivity index (χ4v) is 4.34. The van der Waals surface area contributed by atoms with Gasteiger partial charge in [0.1, 0.15) is 5.75 Å². The number of sulfonamides is 1. The fraction of sp³-hybridized carbons (Fsp3) is 0.304. The van der Waals surface area contributed by atoms with Crippen molar-refractivity contribution in [3.05, 3.63) is 70.9 Å². The smallest absolute Gasteiger partial charge is 0.223 e. The van der Waals surface area contributed by atoms with E-state index in [1.54, 1.807) is 18.3 Å². The molecular weight excluding hydrogens is 462 g/mol. The van der Waals surface area contributed by atoms with E-state index in [-0.39, 0.29) is 12.3 Å². The van der Waals surface area contributed by atoms with Crippen LogP contribution in [0.4, 0.5) is 5.95 Å². The molecule has 10 heteroatoms. The predicted octanol–water partition coefficient (Wildman–Crippen LogP) is 3.27. The first-order valence-corrected chi connectivity index (χ1v) is 12.8. The number of nitrogens with zero attached hydrogens (tertiary/aromatic N) is 3. The van der Waals surface area contributed by atoms with Crippen LogP contribution in [0, 0.1) is 0 Å². The van der Waals surface area contributed by atoms with Gasteiger partial charge in [-0.1, -0.05) is 35.9 Å². The normalized spacial score (nSPS) is 11.6. The van der Waals surface area contributed by atoms with E-state index < -0.39 is 10.0 Å². The van der Waals surface area contributed by atoms with Crippen LogP contribution in [-0.2, 0) is 23.0 Å². The second-order valence-electron chi connectivity index (χ2n) is 7.67. The molecule has 0 radical (unpaired) electrons. The Balaban J connectivity index is 1.68. The first-order valence-electron chi connectivity index (χ1n) is 10.5. The summed E-state index contributed by atoms with van der Waals surface area (Å²) in [5.41, 5.74) is 9.01. The van der Waals surface area contributed by atoms with Crippen LogP contribution in [0.15, 0.2) is 54.7 Å². The highest BCUT2D eigenvalue weighted by atomic mass is 35.5. The van der Waals surface area contributed by atoms with Crippen LogP contribution in [-0.4, -0.2) is 53.7 Å². The second-order valence-corrected chi connectivity index (χ2v) is 10.1. The van der Waals surface area contributed by atoms with E-state index in [0.29, 0.717) is 43.4 Å². The Morgan fingerprint density at radius 3 is 2.70 bits per heavy atom. The summed E-state index contributed by atoms with van der Waals surface area (Å²) >= 11 is 5.96. The first kappa shape index (κ1) is 24.9. The Morgan fingerprint density at radius 2 is 1.97 bits per heavy atom. The maximum absolute atomic E-state index is 12.1. The van der Waals surface area contributed by atoms with Gasteiger partial charge >= 0.3 is 0 Å². The van der Waals surface area contributed by atoms with Gasteiger partial charge in [0.15, 0.2) is 0 Å². The van der Waals surface area contributed by atoms with Gasteiger partial charge < -0.3 is 16.2 Å². The molecule has 0 amide bonds. The molecule has 0 aliphatic rings. The number of nitrogens with two attached hydrogens (primary N) is 1. The molecule has 0 aliphatic carbocycles. The molecule has 1 aromatic heterocycles. The molecule has 0 atom stereocenters. The summed E-state index contributed by atoms with van der Waals surface area (Å²) in [7, 11) is -3.34. The van der Waals surface area contributed by atoms with Gasteiger partial charge in [0.05, 0.1) is 17.0 Å². The third-order valence-electron chi connectivity index (χ3n) is 5.03. The SMILES string of the molecule is CS(=O)(=O)N(CCCN)Cc1cccc(-c2ccnc(NCCc3ccc(O)c(Cl)c3)n2)c1. The van der Waals surface area contributed by atoms with Crippen molar-refractivity contribution in [2.24, 2.45) is 5.73 Å². The molecule has 3 rings (SSSR count). The van der Waals surface area contributed by atoms with Gasteiger partial charge in [-0.05, 0) is 54.8 Å². The van der Waals surface area contributed by atoms with E-state index >= 15 is 0 Å². The van der Waals surface area contributed by atoms with Gasteiger partial charge in [0.25, 0.3) is 0 Å². The Kier molecular flexibility index (Phi) is 8.62. The van der Waals surface area contributed by atoms with Crippen LogP contribution in [0.2, 0.25) is 5.02 Å². The molecule has 8 nitrogen and oxygen atoms in total. The van der Waals surface area contributed by atoms with Gasteiger partial charge in [-0.25, -0.2) is 18.4 Å². The van der Waals surface area contributed by atoms with Crippen molar-refractivity contribution in [2.75, 3.05) is 31.2 Å². The van der Waals surface area contributed by atoms with Crippen molar-refractivity contribution in [3.8, 4) is 17.0 Å². The van der Waals surface area contributed by atoms with Crippen molar-refractivity contribution in [2.45, 2.75) is 19.4 Å². The molecule has 0 unspecified atom stereocenters. The summed E-state index contributed by atoms with van der Waals surface area (Å²) in [5.74, 6) is 0.550. The average molecular weight is 490 g/mol. The highest BCUT2D eigenvalue weighted by Crippen LogP contribution is 2.24. The summed E-state index contributed by atoms with van der Waals surface area (Å²) in [5, 5.41) is 13.0. The maximum Gasteiger partial charge on any atom is 0.223 e. The highest BCUT2D eigenvalue weighted by molar-refractivity contribution is 7.88. The molecule has 4 N–H and O–H groups in total. The van der Waals surface area contributed by atoms with Crippen molar-refractivity contribution < 1.29 is 13.5 Å². The number of rotatable bonds is 11. The summed E-state index contributed by atoms with van der Waals surface area (Å²) in [6.45, 7) is 1.68. The lowest BCUT2D eigenvalue weighted by Gasteiger charge is -2.20. The van der Waals surface area contributed by atoms with Crippen molar-refractivity contribution in [1.82, 2.24) is 14.3 Å². The van der Waals surface area contributed by atoms with Crippen LogP contribution < -0.4 is 11.1 Å². The minimum absolute atomic E-state index is 0.0608. The number of phenolic OH excluding ortho intramolecular Hbond substituents is 1. The zero-order valence-corrected chi connectivity index (χ0v) is 20.0. The van der Waals surface area contributed by atoms with E-state index in [1.807, 2.05) is 36.4 Å². The Labute approximate surface area is 199 Å². The Morgan fingerprint density at radius 1 is 1.15 bits per heavy atom. The van der Waals surface area contributed by atoms with Crippen LogP contribution >= 0.6 is 11.6 Å². The zero-order valence-electron chi connectivity index (χ0n) is 18.4. The molecule has 0 bridgehead atoms. The molecule has 0 saturated carbocycles. The Bertz CT molecular complexity index is 1190. The van der Waals surface area contributed by atoms with E-state index in [0.717, 1.165) is 22.4 Å². The molecule has 3 aromatic rings. The molecule has 2 aromatic carbocycles. The lowest BCUT2D eigenvalue weighted by Crippen LogP contribution is -2.31. The number of phenols is 1. The maximum atomic E-state index is 12.1. The van der Waals surface area contributed by atoms with Crippen LogP contribution in [0.3, 0.4) is 0 Å². The molecule has 0 spiro atoms. The second kappa shape index (κ2) is 11.4. The third-order valence-corrected chi connectivity index (χ3v) is 6.58. The number of nitrogens with one attached hydrogen (secondary N) is 1. The molecule has 0 fully saturated rings. The van der Waals surface area contributed by atoms with Crippen LogP contribution in [0.1, 0.15) is 17.5 Å². The van der Waals surface area contributed by atoms with Gasteiger partial charge in [-0.2, -0.15) is 4.31 Å². The zero-order chi connectivity index (χ0) is 23.8. The number of benzene rings is 2. The number of hydrogen-bond donors (Lipinski definition) is 3. The van der Waals surface area contributed by atoms with Crippen molar-refractivity contribution >= 4 is 27.6 Å². The lowest BCUT2D eigenvalue weighted by atomic mass is 10.1. The monoisotopic (exact) mass is 489 g/mol. The molecule has 0 aliphatic heterocycles. The van der Waals surface area contributed by atoms with Crippen LogP contribution in [0.25, 0.3) is 11.3 Å². The number of anilines is 1. The number of aromatic nitrogens is 2. The quantitative estimate of drug-likeness (QED) is 0.378. The van der Waals surface area contributed by atoms with Crippen LogP contribution in [0.5, 0.6) is 5.75 Å². The first-order chi connectivity index (χ1) is 15.8.